The highest BCUT2D eigenvalue weighted by atomic mass is 16.5. The number of carbonyl (C=O) groups is 1. The summed E-state index contributed by atoms with van der Waals surface area (Å²) in [5.41, 5.74) is 1.56. The number of furan rings is 1. The van der Waals surface area contributed by atoms with E-state index >= 15 is 0 Å². The quantitative estimate of drug-likeness (QED) is 0.790. The number of rotatable bonds is 3. The van der Waals surface area contributed by atoms with Crippen LogP contribution in [0.5, 0.6) is 0 Å². The second kappa shape index (κ2) is 4.82. The molecule has 19 heavy (non-hydrogen) atoms. The van der Waals surface area contributed by atoms with Gasteiger partial charge in [-0.05, 0) is 19.4 Å². The van der Waals surface area contributed by atoms with Crippen molar-refractivity contribution in [1.82, 2.24) is 0 Å². The van der Waals surface area contributed by atoms with Gasteiger partial charge in [0.15, 0.2) is 5.78 Å². The highest BCUT2D eigenvalue weighted by Gasteiger charge is 2.34. The Morgan fingerprint density at radius 1 is 1.37 bits per heavy atom. The molecule has 2 atom stereocenters. The van der Waals surface area contributed by atoms with Crippen molar-refractivity contribution < 1.29 is 13.9 Å². The molecular weight excluding hydrogens is 240 g/mol. The van der Waals surface area contributed by atoms with E-state index in [1.54, 1.807) is 0 Å². The van der Waals surface area contributed by atoms with Crippen LogP contribution >= 0.6 is 0 Å². The van der Waals surface area contributed by atoms with Crippen LogP contribution in [0.4, 0.5) is 0 Å². The fraction of sp³-hybridized carbons (Fsp3) is 0.438. The van der Waals surface area contributed by atoms with Gasteiger partial charge in [-0.3, -0.25) is 4.79 Å². The van der Waals surface area contributed by atoms with Crippen molar-refractivity contribution in [2.45, 2.75) is 32.8 Å². The number of carbonyl (C=O) groups excluding carboxylic acids is 1. The lowest BCUT2D eigenvalue weighted by Crippen LogP contribution is -2.22. The Bertz CT molecular complexity index is 611. The van der Waals surface area contributed by atoms with E-state index in [2.05, 4.69) is 0 Å². The third kappa shape index (κ3) is 1.98. The minimum atomic E-state index is -0.0358. The van der Waals surface area contributed by atoms with E-state index in [9.17, 15) is 4.79 Å². The van der Waals surface area contributed by atoms with Gasteiger partial charge in [0.05, 0.1) is 17.6 Å². The Labute approximate surface area is 112 Å². The molecule has 1 aliphatic heterocycles. The molecule has 0 bridgehead atoms. The van der Waals surface area contributed by atoms with Crippen LogP contribution < -0.4 is 0 Å². The van der Waals surface area contributed by atoms with Crippen molar-refractivity contribution in [2.24, 2.45) is 5.92 Å². The summed E-state index contributed by atoms with van der Waals surface area (Å²) >= 11 is 0. The van der Waals surface area contributed by atoms with Gasteiger partial charge in [0, 0.05) is 18.4 Å². The van der Waals surface area contributed by atoms with Gasteiger partial charge in [-0.15, -0.1) is 0 Å². The van der Waals surface area contributed by atoms with Gasteiger partial charge >= 0.3 is 0 Å². The Morgan fingerprint density at radius 2 is 2.16 bits per heavy atom. The first-order valence-corrected chi connectivity index (χ1v) is 6.88. The fourth-order valence-corrected chi connectivity index (χ4v) is 2.88. The molecule has 0 spiro atoms. The molecule has 100 valence electrons. The SMILES string of the molecule is CCc1oc2ccccc2c1C(=O)C1CCOC1C. The van der Waals surface area contributed by atoms with E-state index in [0.29, 0.717) is 6.61 Å². The average molecular weight is 258 g/mol. The summed E-state index contributed by atoms with van der Waals surface area (Å²) < 4.78 is 11.3. The maximum Gasteiger partial charge on any atom is 0.172 e. The number of hydrogen-bond acceptors (Lipinski definition) is 3. The zero-order chi connectivity index (χ0) is 13.4. The van der Waals surface area contributed by atoms with Gasteiger partial charge in [-0.1, -0.05) is 25.1 Å². The number of benzene rings is 1. The van der Waals surface area contributed by atoms with Gasteiger partial charge in [-0.2, -0.15) is 0 Å². The predicted molar refractivity (Wildman–Crippen MR) is 73.4 cm³/mol. The van der Waals surface area contributed by atoms with Crippen molar-refractivity contribution in [3.63, 3.8) is 0 Å². The normalized spacial score (nSPS) is 23.1. The van der Waals surface area contributed by atoms with E-state index < -0.39 is 0 Å². The second-order valence-corrected chi connectivity index (χ2v) is 5.09. The molecule has 2 heterocycles. The summed E-state index contributed by atoms with van der Waals surface area (Å²) in [6.45, 7) is 4.67. The van der Waals surface area contributed by atoms with Gasteiger partial charge in [0.25, 0.3) is 0 Å². The van der Waals surface area contributed by atoms with Gasteiger partial charge in [0.2, 0.25) is 0 Å². The largest absolute Gasteiger partial charge is 0.460 e. The van der Waals surface area contributed by atoms with Crippen LogP contribution in [0.1, 0.15) is 36.4 Å². The topological polar surface area (TPSA) is 39.4 Å². The fourth-order valence-electron chi connectivity index (χ4n) is 2.88. The molecule has 1 aliphatic rings. The number of fused-ring (bicyclic) bond motifs is 1. The highest BCUT2D eigenvalue weighted by Crippen LogP contribution is 2.32. The summed E-state index contributed by atoms with van der Waals surface area (Å²) in [6.07, 6.45) is 1.55. The van der Waals surface area contributed by atoms with Crippen LogP contribution in [0.3, 0.4) is 0 Å². The van der Waals surface area contributed by atoms with Crippen molar-refractivity contribution in [3.05, 3.63) is 35.6 Å². The van der Waals surface area contributed by atoms with Gasteiger partial charge < -0.3 is 9.15 Å². The molecule has 0 amide bonds. The summed E-state index contributed by atoms with van der Waals surface area (Å²) in [7, 11) is 0. The minimum Gasteiger partial charge on any atom is -0.460 e. The van der Waals surface area contributed by atoms with Crippen LogP contribution in [0.25, 0.3) is 11.0 Å². The Morgan fingerprint density at radius 3 is 2.84 bits per heavy atom. The van der Waals surface area contributed by atoms with E-state index in [1.165, 1.54) is 0 Å². The molecule has 2 unspecified atom stereocenters. The minimum absolute atomic E-state index is 0.00543. The van der Waals surface area contributed by atoms with Crippen molar-refractivity contribution in [2.75, 3.05) is 6.61 Å². The molecule has 2 aromatic rings. The summed E-state index contributed by atoms with van der Waals surface area (Å²) in [6, 6.07) is 7.76. The molecule has 1 aromatic heterocycles. The first kappa shape index (κ1) is 12.4. The second-order valence-electron chi connectivity index (χ2n) is 5.09. The van der Waals surface area contributed by atoms with E-state index in [0.717, 1.165) is 35.1 Å². The monoisotopic (exact) mass is 258 g/mol. The first-order valence-electron chi connectivity index (χ1n) is 6.88. The Balaban J connectivity index is 2.10. The molecule has 0 aliphatic carbocycles. The molecule has 3 rings (SSSR count). The Kier molecular flexibility index (Phi) is 3.15. The number of aryl methyl sites for hydroxylation is 1. The zero-order valence-corrected chi connectivity index (χ0v) is 11.3. The number of Topliss-reactive ketones (excluding diaryl/α,β-unsaturated/α-hetero) is 1. The van der Waals surface area contributed by atoms with Crippen LogP contribution in [-0.4, -0.2) is 18.5 Å². The third-order valence-corrected chi connectivity index (χ3v) is 3.95. The lowest BCUT2D eigenvalue weighted by Gasteiger charge is -2.12. The van der Waals surface area contributed by atoms with Crippen molar-refractivity contribution in [1.29, 1.82) is 0 Å². The van der Waals surface area contributed by atoms with Crippen molar-refractivity contribution in [3.8, 4) is 0 Å². The van der Waals surface area contributed by atoms with Crippen molar-refractivity contribution >= 4 is 16.8 Å². The summed E-state index contributed by atoms with van der Waals surface area (Å²) in [4.78, 5) is 12.8. The summed E-state index contributed by atoms with van der Waals surface area (Å²) in [5, 5.41) is 0.934. The highest BCUT2D eigenvalue weighted by molar-refractivity contribution is 6.09. The van der Waals surface area contributed by atoms with Gasteiger partial charge in [-0.25, -0.2) is 0 Å². The number of ketones is 1. The lowest BCUT2D eigenvalue weighted by atomic mass is 9.90. The van der Waals surface area contributed by atoms with E-state index in [4.69, 9.17) is 9.15 Å². The predicted octanol–water partition coefficient (Wildman–Crippen LogP) is 3.60. The molecular formula is C16H18O3. The number of para-hydroxylation sites is 1. The maximum absolute atomic E-state index is 12.8. The molecule has 3 nitrogen and oxygen atoms in total. The van der Waals surface area contributed by atoms with Crippen LogP contribution in [0.15, 0.2) is 28.7 Å². The Hall–Kier alpha value is -1.61. The maximum atomic E-state index is 12.8. The summed E-state index contributed by atoms with van der Waals surface area (Å²) in [5.74, 6) is 0.934. The van der Waals surface area contributed by atoms with Crippen LogP contribution in [0.2, 0.25) is 0 Å². The number of hydrogen-bond donors (Lipinski definition) is 0. The zero-order valence-electron chi connectivity index (χ0n) is 11.3. The molecule has 0 N–H and O–H groups in total. The first-order chi connectivity index (χ1) is 9.22. The lowest BCUT2D eigenvalue weighted by molar-refractivity contribution is 0.0764. The standard InChI is InChI=1S/C16H18O3/c1-3-13-15(12-6-4-5-7-14(12)19-13)16(17)11-8-9-18-10(11)2/h4-7,10-11H,3,8-9H2,1-2H3. The molecule has 0 radical (unpaired) electrons. The molecule has 1 saturated heterocycles. The molecule has 1 fully saturated rings. The van der Waals surface area contributed by atoms with E-state index in [-0.39, 0.29) is 17.8 Å². The number of ether oxygens (including phenoxy) is 1. The van der Waals surface area contributed by atoms with E-state index in [1.807, 2.05) is 38.1 Å². The third-order valence-electron chi connectivity index (χ3n) is 3.95. The molecule has 0 saturated carbocycles. The average Bonchev–Trinajstić information content (AvgIpc) is 3.01. The van der Waals surface area contributed by atoms with Crippen LogP contribution in [0, 0.1) is 5.92 Å². The van der Waals surface area contributed by atoms with Crippen LogP contribution in [-0.2, 0) is 11.2 Å². The smallest absolute Gasteiger partial charge is 0.172 e. The molecule has 1 aromatic carbocycles. The van der Waals surface area contributed by atoms with Gasteiger partial charge in [0.1, 0.15) is 11.3 Å². The molecule has 3 heteroatoms.